The lowest BCUT2D eigenvalue weighted by Gasteiger charge is -2.15. The van der Waals surface area contributed by atoms with E-state index in [-0.39, 0.29) is 11.9 Å². The Kier molecular flexibility index (Phi) is 3.28. The number of benzene rings is 1. The number of nitrogens with zero attached hydrogens (tertiary/aromatic N) is 1. The second-order valence-corrected chi connectivity index (χ2v) is 4.45. The van der Waals surface area contributed by atoms with E-state index >= 15 is 0 Å². The van der Waals surface area contributed by atoms with Crippen molar-refractivity contribution >= 4 is 11.3 Å². The number of hydrogen-bond donors (Lipinski definition) is 2. The molecule has 1 unspecified atom stereocenters. The summed E-state index contributed by atoms with van der Waals surface area (Å²) in [6, 6.07) is 4.64. The molecule has 0 aliphatic carbocycles. The second kappa shape index (κ2) is 4.69. The molecule has 0 radical (unpaired) electrons. The molecule has 3 nitrogen and oxygen atoms in total. The minimum absolute atomic E-state index is 0.262. The molecule has 3 N–H and O–H groups in total. The van der Waals surface area contributed by atoms with E-state index < -0.39 is 0 Å². The minimum Gasteiger partial charge on any atom is -0.271 e. The van der Waals surface area contributed by atoms with Crippen LogP contribution in [0.25, 0.3) is 0 Å². The van der Waals surface area contributed by atoms with Gasteiger partial charge in [-0.05, 0) is 13.0 Å². The summed E-state index contributed by atoms with van der Waals surface area (Å²) >= 11 is 1.44. The van der Waals surface area contributed by atoms with Crippen LogP contribution in [-0.2, 0) is 0 Å². The number of hydrogen-bond acceptors (Lipinski definition) is 4. The van der Waals surface area contributed by atoms with Crippen LogP contribution in [0.15, 0.2) is 29.9 Å². The van der Waals surface area contributed by atoms with Crippen LogP contribution >= 0.6 is 11.3 Å². The zero-order valence-corrected chi connectivity index (χ0v) is 9.59. The summed E-state index contributed by atoms with van der Waals surface area (Å²) in [5.74, 6) is 5.22. The Morgan fingerprint density at radius 1 is 1.50 bits per heavy atom. The van der Waals surface area contributed by atoms with Gasteiger partial charge in [0, 0.05) is 16.6 Å². The molecular weight excluding hydrogens is 225 g/mol. The molecule has 1 atom stereocenters. The summed E-state index contributed by atoms with van der Waals surface area (Å²) in [6.07, 6.45) is 1.69. The van der Waals surface area contributed by atoms with Gasteiger partial charge in [-0.15, -0.1) is 11.3 Å². The Morgan fingerprint density at radius 3 is 2.94 bits per heavy atom. The van der Waals surface area contributed by atoms with Gasteiger partial charge in [-0.1, -0.05) is 17.7 Å². The van der Waals surface area contributed by atoms with Crippen molar-refractivity contribution in [2.24, 2.45) is 5.84 Å². The largest absolute Gasteiger partial charge is 0.271 e. The van der Waals surface area contributed by atoms with Gasteiger partial charge in [0.1, 0.15) is 5.82 Å². The van der Waals surface area contributed by atoms with Crippen molar-refractivity contribution in [3.63, 3.8) is 0 Å². The summed E-state index contributed by atoms with van der Waals surface area (Å²) in [5, 5.41) is 0. The van der Waals surface area contributed by atoms with Gasteiger partial charge in [-0.25, -0.2) is 9.82 Å². The number of nitrogens with one attached hydrogen (secondary N) is 1. The molecule has 84 valence electrons. The highest BCUT2D eigenvalue weighted by molar-refractivity contribution is 7.09. The van der Waals surface area contributed by atoms with Crippen molar-refractivity contribution < 1.29 is 4.39 Å². The van der Waals surface area contributed by atoms with Gasteiger partial charge in [0.05, 0.1) is 11.6 Å². The molecule has 0 bridgehead atoms. The highest BCUT2D eigenvalue weighted by atomic mass is 32.1. The Labute approximate surface area is 97.1 Å². The van der Waals surface area contributed by atoms with Crippen LogP contribution in [0.2, 0.25) is 0 Å². The summed E-state index contributed by atoms with van der Waals surface area (Å²) in [4.78, 5) is 4.86. The van der Waals surface area contributed by atoms with E-state index in [2.05, 4.69) is 10.4 Å². The summed E-state index contributed by atoms with van der Waals surface area (Å²) in [5.41, 5.74) is 5.87. The van der Waals surface area contributed by atoms with E-state index in [0.29, 0.717) is 5.56 Å². The Morgan fingerprint density at radius 2 is 2.31 bits per heavy atom. The van der Waals surface area contributed by atoms with Crippen LogP contribution in [0.3, 0.4) is 0 Å². The van der Waals surface area contributed by atoms with Crippen LogP contribution < -0.4 is 11.3 Å². The number of aromatic nitrogens is 1. The fourth-order valence-electron chi connectivity index (χ4n) is 1.58. The number of aryl methyl sites for hydroxylation is 1. The van der Waals surface area contributed by atoms with Crippen molar-refractivity contribution in [3.05, 3.63) is 51.7 Å². The predicted octanol–water partition coefficient (Wildman–Crippen LogP) is 2.14. The van der Waals surface area contributed by atoms with E-state index in [9.17, 15) is 4.39 Å². The van der Waals surface area contributed by atoms with Crippen LogP contribution in [0.1, 0.15) is 22.0 Å². The van der Waals surface area contributed by atoms with Crippen LogP contribution in [-0.4, -0.2) is 4.98 Å². The molecule has 2 aromatic rings. The molecule has 0 amide bonds. The van der Waals surface area contributed by atoms with E-state index in [1.807, 2.05) is 6.92 Å². The summed E-state index contributed by atoms with van der Waals surface area (Å²) < 4.78 is 13.7. The van der Waals surface area contributed by atoms with Crippen LogP contribution in [0.4, 0.5) is 4.39 Å². The first-order valence-corrected chi connectivity index (χ1v) is 5.71. The smallest absolute Gasteiger partial charge is 0.128 e. The van der Waals surface area contributed by atoms with Gasteiger partial charge >= 0.3 is 0 Å². The minimum atomic E-state index is -0.340. The zero-order valence-electron chi connectivity index (χ0n) is 8.77. The molecule has 1 aromatic heterocycles. The lowest BCUT2D eigenvalue weighted by Crippen LogP contribution is -2.29. The van der Waals surface area contributed by atoms with E-state index in [4.69, 9.17) is 5.84 Å². The molecule has 5 heteroatoms. The van der Waals surface area contributed by atoms with Crippen molar-refractivity contribution in [2.75, 3.05) is 0 Å². The Bertz CT molecular complexity index is 470. The average Bonchev–Trinajstić information content (AvgIpc) is 2.78. The van der Waals surface area contributed by atoms with E-state index in [0.717, 1.165) is 10.4 Å². The first-order chi connectivity index (χ1) is 7.72. The van der Waals surface area contributed by atoms with Crippen molar-refractivity contribution in [1.82, 2.24) is 10.4 Å². The molecule has 16 heavy (non-hydrogen) atoms. The lowest BCUT2D eigenvalue weighted by molar-refractivity contribution is 0.563. The quantitative estimate of drug-likeness (QED) is 0.635. The third-order valence-corrected chi connectivity index (χ3v) is 3.21. The average molecular weight is 237 g/mol. The molecule has 1 aromatic carbocycles. The summed E-state index contributed by atoms with van der Waals surface area (Å²) in [6.45, 7) is 1.92. The van der Waals surface area contributed by atoms with Crippen molar-refractivity contribution in [3.8, 4) is 0 Å². The van der Waals surface area contributed by atoms with E-state index in [1.165, 1.54) is 17.4 Å². The van der Waals surface area contributed by atoms with Gasteiger partial charge in [-0.2, -0.15) is 0 Å². The first-order valence-electron chi connectivity index (χ1n) is 4.83. The normalized spacial score (nSPS) is 12.7. The van der Waals surface area contributed by atoms with Crippen LogP contribution in [0.5, 0.6) is 0 Å². The maximum atomic E-state index is 13.7. The van der Waals surface area contributed by atoms with Gasteiger partial charge in [-0.3, -0.25) is 10.8 Å². The van der Waals surface area contributed by atoms with Gasteiger partial charge in [0.15, 0.2) is 0 Å². The molecule has 0 saturated heterocycles. The zero-order chi connectivity index (χ0) is 11.5. The molecule has 0 spiro atoms. The molecule has 0 saturated carbocycles. The lowest BCUT2D eigenvalue weighted by atomic mass is 10.0. The molecule has 1 heterocycles. The molecule has 0 aliphatic heterocycles. The van der Waals surface area contributed by atoms with Gasteiger partial charge in [0.2, 0.25) is 0 Å². The third kappa shape index (κ3) is 2.11. The van der Waals surface area contributed by atoms with Crippen LogP contribution in [0, 0.1) is 12.7 Å². The molecule has 0 fully saturated rings. The predicted molar refractivity (Wildman–Crippen MR) is 62.4 cm³/mol. The topological polar surface area (TPSA) is 50.9 Å². The Hall–Kier alpha value is -1.30. The highest BCUT2D eigenvalue weighted by Gasteiger charge is 2.17. The fourth-order valence-corrected chi connectivity index (χ4v) is 2.27. The third-order valence-electron chi connectivity index (χ3n) is 2.37. The fraction of sp³-hybridized carbons (Fsp3) is 0.182. The summed E-state index contributed by atoms with van der Waals surface area (Å²) in [7, 11) is 0. The molecule has 2 rings (SSSR count). The maximum absolute atomic E-state index is 13.7. The number of hydrazine groups is 1. The van der Waals surface area contributed by atoms with Gasteiger partial charge < -0.3 is 0 Å². The number of nitrogens with two attached hydrogens (primary N) is 1. The second-order valence-electron chi connectivity index (χ2n) is 3.53. The first kappa shape index (κ1) is 11.2. The monoisotopic (exact) mass is 237 g/mol. The number of halogens is 1. The Balaban J connectivity index is 2.44. The SMILES string of the molecule is Cc1ccc(F)c(C(NN)c2cncs2)c1. The van der Waals surface area contributed by atoms with Gasteiger partial charge in [0.25, 0.3) is 0 Å². The number of rotatable bonds is 3. The standard InChI is InChI=1S/C11H12FN3S/c1-7-2-3-9(12)8(4-7)11(15-13)10-5-14-6-16-10/h2-6,11,15H,13H2,1H3. The highest BCUT2D eigenvalue weighted by Crippen LogP contribution is 2.26. The van der Waals surface area contributed by atoms with E-state index in [1.54, 1.807) is 23.8 Å². The number of thiazole rings is 1. The molecule has 0 aliphatic rings. The van der Waals surface area contributed by atoms with Crippen molar-refractivity contribution in [2.45, 2.75) is 13.0 Å². The maximum Gasteiger partial charge on any atom is 0.128 e. The van der Waals surface area contributed by atoms with Crippen molar-refractivity contribution in [1.29, 1.82) is 0 Å². The molecular formula is C11H12FN3S.